The summed E-state index contributed by atoms with van der Waals surface area (Å²) >= 11 is 0. The number of ether oxygens (including phenoxy) is 3. The summed E-state index contributed by atoms with van der Waals surface area (Å²) in [6.45, 7) is 3.54. The van der Waals surface area contributed by atoms with Crippen LogP contribution in [0.5, 0.6) is 17.2 Å². The van der Waals surface area contributed by atoms with Crippen molar-refractivity contribution in [2.24, 2.45) is 0 Å². The number of piperazine rings is 1. The van der Waals surface area contributed by atoms with Crippen LogP contribution in [0.4, 0.5) is 42.4 Å². The number of nitrogens with one attached hydrogen (secondary N) is 2. The number of para-hydroxylation sites is 1. The number of carbonyl (C=O) groups excluding carboxylic acids is 1. The molecule has 1 fully saturated rings. The molecule has 2 N–H and O–H groups in total. The molecule has 0 spiro atoms. The highest BCUT2D eigenvalue weighted by Gasteiger charge is 2.24. The van der Waals surface area contributed by atoms with Crippen LogP contribution < -0.4 is 34.6 Å². The van der Waals surface area contributed by atoms with Crippen molar-refractivity contribution >= 4 is 34.9 Å². The molecule has 4 aromatic rings. The molecule has 1 saturated heterocycles. The number of hydrogen-bond acceptors (Lipinski definition) is 9. The molecule has 2 heterocycles. The van der Waals surface area contributed by atoms with Crippen LogP contribution in [0, 0.1) is 13.8 Å². The molecule has 1 aliphatic rings. The Morgan fingerprint density at radius 3 is 2.42 bits per heavy atom. The number of rotatable bonds is 9. The Labute approximate surface area is 248 Å². The van der Waals surface area contributed by atoms with Crippen LogP contribution in [0.3, 0.4) is 0 Å². The minimum Gasteiger partial charge on any atom is -0.497 e. The van der Waals surface area contributed by atoms with E-state index in [1.54, 1.807) is 49.6 Å². The number of amides is 1. The highest BCUT2D eigenvalue weighted by atomic mass is 19.3. The van der Waals surface area contributed by atoms with Gasteiger partial charge in [0.15, 0.2) is 5.75 Å². The van der Waals surface area contributed by atoms with Gasteiger partial charge in [0, 0.05) is 50.2 Å². The maximum Gasteiger partial charge on any atom is 0.425 e. The fourth-order valence-corrected chi connectivity index (χ4v) is 4.77. The number of halogens is 2. The number of hydrogen-bond donors (Lipinski definition) is 2. The maximum absolute atomic E-state index is 13.7. The monoisotopic (exact) mass is 590 g/mol. The number of aromatic nitrogens is 2. The zero-order valence-electron chi connectivity index (χ0n) is 24.0. The third-order valence-electron chi connectivity index (χ3n) is 6.87. The van der Waals surface area contributed by atoms with Crippen LogP contribution in [0.1, 0.15) is 11.1 Å². The van der Waals surface area contributed by atoms with Gasteiger partial charge in [0.1, 0.15) is 17.3 Å². The third-order valence-corrected chi connectivity index (χ3v) is 6.87. The number of methoxy groups -OCH3 is 1. The zero-order valence-corrected chi connectivity index (χ0v) is 24.0. The van der Waals surface area contributed by atoms with E-state index < -0.39 is 12.7 Å². The fourth-order valence-electron chi connectivity index (χ4n) is 4.77. The number of anilines is 5. The van der Waals surface area contributed by atoms with Crippen molar-refractivity contribution in [3.8, 4) is 17.2 Å². The number of carbonyl (C=O) groups is 1. The molecule has 1 aliphatic heterocycles. The van der Waals surface area contributed by atoms with Crippen LogP contribution >= 0.6 is 0 Å². The average Bonchev–Trinajstić information content (AvgIpc) is 3.00. The van der Waals surface area contributed by atoms with E-state index in [1.165, 1.54) is 17.2 Å². The van der Waals surface area contributed by atoms with Gasteiger partial charge in [0.25, 0.3) is 0 Å². The molecule has 1 aromatic heterocycles. The van der Waals surface area contributed by atoms with E-state index >= 15 is 0 Å². The van der Waals surface area contributed by atoms with Crippen LogP contribution in [-0.4, -0.2) is 56.0 Å². The Hall–Kier alpha value is -4.97. The topological polar surface area (TPSA) is 101 Å². The lowest BCUT2D eigenvalue weighted by molar-refractivity contribution is -0.0494. The Morgan fingerprint density at radius 1 is 1.02 bits per heavy atom. The van der Waals surface area contributed by atoms with Crippen LogP contribution in [0.2, 0.25) is 0 Å². The summed E-state index contributed by atoms with van der Waals surface area (Å²) in [5.41, 5.74) is 3.09. The van der Waals surface area contributed by atoms with E-state index in [1.807, 2.05) is 36.9 Å². The minimum atomic E-state index is -2.99. The second-order valence-electron chi connectivity index (χ2n) is 9.78. The molecule has 3 aromatic carbocycles. The van der Waals surface area contributed by atoms with Crippen molar-refractivity contribution in [3.05, 3.63) is 84.1 Å². The first-order chi connectivity index (χ1) is 20.8. The summed E-state index contributed by atoms with van der Waals surface area (Å²) in [5.74, 6) is 1.46. The highest BCUT2D eigenvalue weighted by Crippen LogP contribution is 2.35. The molecule has 0 aliphatic carbocycles. The molecule has 0 saturated carbocycles. The Bertz CT molecular complexity index is 1540. The summed E-state index contributed by atoms with van der Waals surface area (Å²) in [6, 6.07) is 19.0. The molecule has 0 bridgehead atoms. The molecule has 0 atom stereocenters. The van der Waals surface area contributed by atoms with Crippen molar-refractivity contribution in [3.63, 3.8) is 0 Å². The molecule has 43 heavy (non-hydrogen) atoms. The summed E-state index contributed by atoms with van der Waals surface area (Å²) in [4.78, 5) is 25.8. The van der Waals surface area contributed by atoms with Crippen LogP contribution in [-0.2, 0) is 0 Å². The summed E-state index contributed by atoms with van der Waals surface area (Å²) in [7, 11) is 1.55. The molecule has 5 rings (SSSR count). The summed E-state index contributed by atoms with van der Waals surface area (Å²) in [5, 5.41) is 6.29. The summed E-state index contributed by atoms with van der Waals surface area (Å²) in [6.07, 6.45) is 0.805. The lowest BCUT2D eigenvalue weighted by Gasteiger charge is -2.31. The van der Waals surface area contributed by atoms with Gasteiger partial charge in [-0.2, -0.15) is 13.8 Å². The molecular formula is C31H32F2N6O4. The zero-order chi connectivity index (χ0) is 30.3. The van der Waals surface area contributed by atoms with Gasteiger partial charge in [-0.15, -0.1) is 0 Å². The van der Waals surface area contributed by atoms with Gasteiger partial charge in [0.2, 0.25) is 5.95 Å². The Morgan fingerprint density at radius 2 is 1.74 bits per heavy atom. The van der Waals surface area contributed by atoms with Crippen LogP contribution in [0.15, 0.2) is 72.9 Å². The van der Waals surface area contributed by atoms with E-state index in [0.717, 1.165) is 24.2 Å². The first-order valence-electron chi connectivity index (χ1n) is 13.7. The van der Waals surface area contributed by atoms with Crippen molar-refractivity contribution in [2.45, 2.75) is 20.5 Å². The van der Waals surface area contributed by atoms with E-state index in [4.69, 9.17) is 14.2 Å². The largest absolute Gasteiger partial charge is 0.497 e. The number of benzene rings is 3. The highest BCUT2D eigenvalue weighted by molar-refractivity contribution is 5.96. The predicted molar refractivity (Wildman–Crippen MR) is 161 cm³/mol. The van der Waals surface area contributed by atoms with E-state index in [0.29, 0.717) is 41.7 Å². The molecule has 10 nitrogen and oxygen atoms in total. The van der Waals surface area contributed by atoms with Gasteiger partial charge in [-0.25, -0.2) is 14.7 Å². The van der Waals surface area contributed by atoms with Gasteiger partial charge in [-0.1, -0.05) is 18.2 Å². The molecule has 0 unspecified atom stereocenters. The standard InChI is InChI=1S/C31H32F2N6O4/c1-20-5-4-6-21(2)28(20)43-31(40)39(23-8-10-24(41-3)11-9-23)27-13-14-35-30(37-27)36-22-7-12-25(26(19-22)42-29(32)33)38-17-15-34-16-18-38/h4-14,19,29,34H,15-18H2,1-3H3,(H,35,36,37). The van der Waals surface area contributed by atoms with E-state index in [-0.39, 0.29) is 17.5 Å². The average molecular weight is 591 g/mol. The Balaban J connectivity index is 1.46. The molecule has 12 heteroatoms. The quantitative estimate of drug-likeness (QED) is 0.236. The molecule has 1 amide bonds. The van der Waals surface area contributed by atoms with Gasteiger partial charge >= 0.3 is 12.7 Å². The summed E-state index contributed by atoms with van der Waals surface area (Å²) < 4.78 is 42.6. The van der Waals surface area contributed by atoms with Crippen molar-refractivity contribution in [2.75, 3.05) is 48.4 Å². The molecule has 0 radical (unpaired) electrons. The third kappa shape index (κ3) is 7.09. The number of nitrogens with zero attached hydrogens (tertiary/aromatic N) is 4. The van der Waals surface area contributed by atoms with E-state index in [9.17, 15) is 13.6 Å². The van der Waals surface area contributed by atoms with Gasteiger partial charge < -0.3 is 29.7 Å². The second-order valence-corrected chi connectivity index (χ2v) is 9.78. The number of alkyl halides is 2. The lowest BCUT2D eigenvalue weighted by atomic mass is 10.1. The van der Waals surface area contributed by atoms with E-state index in [2.05, 4.69) is 20.6 Å². The van der Waals surface area contributed by atoms with Crippen molar-refractivity contribution in [1.29, 1.82) is 0 Å². The number of aryl methyl sites for hydroxylation is 2. The molecule has 224 valence electrons. The van der Waals surface area contributed by atoms with Crippen molar-refractivity contribution < 1.29 is 27.8 Å². The Kier molecular flexibility index (Phi) is 9.16. The van der Waals surface area contributed by atoms with Gasteiger partial charge in [-0.05, 0) is 61.4 Å². The van der Waals surface area contributed by atoms with Gasteiger partial charge in [0.05, 0.1) is 18.5 Å². The normalized spacial score (nSPS) is 13.0. The SMILES string of the molecule is COc1ccc(N(C(=O)Oc2c(C)cccc2C)c2ccnc(Nc3ccc(N4CCNCC4)c(OC(F)F)c3)n2)cc1. The van der Waals surface area contributed by atoms with Crippen LogP contribution in [0.25, 0.3) is 0 Å². The second kappa shape index (κ2) is 13.3. The first-order valence-corrected chi connectivity index (χ1v) is 13.7. The fraction of sp³-hybridized carbons (Fsp3) is 0.258. The maximum atomic E-state index is 13.7. The van der Waals surface area contributed by atoms with Crippen molar-refractivity contribution in [1.82, 2.24) is 15.3 Å². The predicted octanol–water partition coefficient (Wildman–Crippen LogP) is 6.19. The lowest BCUT2D eigenvalue weighted by Crippen LogP contribution is -2.43. The first kappa shape index (κ1) is 29.5. The van der Waals surface area contributed by atoms with Gasteiger partial charge in [-0.3, -0.25) is 0 Å². The molecular weight excluding hydrogens is 558 g/mol. The smallest absolute Gasteiger partial charge is 0.425 e. The minimum absolute atomic E-state index is 0.0371.